The number of hydrogen-bond acceptors (Lipinski definition) is 8. The Morgan fingerprint density at radius 2 is 0.739 bits per heavy atom. The molecule has 0 saturated heterocycles. The van der Waals surface area contributed by atoms with Gasteiger partial charge in [-0.25, -0.2) is 16.8 Å². The maximum Gasteiger partial charge on any atom is 1.00 e. The van der Waals surface area contributed by atoms with Gasteiger partial charge in [0.05, 0.1) is 12.2 Å². The minimum absolute atomic E-state index is 0. The average Bonchev–Trinajstić information content (AvgIpc) is 3.01. The van der Waals surface area contributed by atoms with Gasteiger partial charge in [0, 0.05) is 0 Å². The van der Waals surface area contributed by atoms with Crippen molar-refractivity contribution in [2.75, 3.05) is 12.3 Å². The second kappa shape index (κ2) is 22.7. The van der Waals surface area contributed by atoms with Crippen molar-refractivity contribution in [1.82, 2.24) is 0 Å². The Kier molecular flexibility index (Phi) is 21.7. The van der Waals surface area contributed by atoms with Crippen LogP contribution in [0, 0.1) is 23.7 Å². The van der Waals surface area contributed by atoms with Gasteiger partial charge in [-0.05, 0) is 112 Å². The molecule has 258 valence electrons. The molecule has 0 aromatic carbocycles. The van der Waals surface area contributed by atoms with Gasteiger partial charge < -0.3 is 9.11 Å². The van der Waals surface area contributed by atoms with Crippen molar-refractivity contribution in [3.63, 3.8) is 0 Å². The van der Waals surface area contributed by atoms with Crippen LogP contribution in [-0.2, 0) is 29.2 Å². The van der Waals surface area contributed by atoms with Gasteiger partial charge in [-0.3, -0.25) is 8.37 Å². The maximum absolute atomic E-state index is 11.8. The SMILES string of the molecule is O=S(=O)([O-])O[C@@H](C[C@@H](PCCP[C@H](C[C@H](OS(=O)(=O)[O-])C1CCCCC1)C1CCCCC1)C1CCCCC1)C1CCCCC1.[Li+].[Li+]. The van der Waals surface area contributed by atoms with Gasteiger partial charge in [0.2, 0.25) is 20.8 Å². The summed E-state index contributed by atoms with van der Waals surface area (Å²) in [6.45, 7) is 0. The molecular formula is C32H58Li2O8P2S2. The van der Waals surface area contributed by atoms with E-state index in [0.29, 0.717) is 53.2 Å². The summed E-state index contributed by atoms with van der Waals surface area (Å²) in [5.74, 6) is 1.43. The molecule has 0 aliphatic heterocycles. The first-order chi connectivity index (χ1) is 21.1. The molecule has 8 nitrogen and oxygen atoms in total. The summed E-state index contributed by atoms with van der Waals surface area (Å²) < 4.78 is 81.2. The minimum atomic E-state index is -4.75. The summed E-state index contributed by atoms with van der Waals surface area (Å²) in [6.07, 6.45) is 25.0. The summed E-state index contributed by atoms with van der Waals surface area (Å²) >= 11 is 0. The fraction of sp³-hybridized carbons (Fsp3) is 1.00. The van der Waals surface area contributed by atoms with Crippen molar-refractivity contribution < 1.29 is 72.0 Å². The second-order valence-corrected chi connectivity index (χ2v) is 19.6. The van der Waals surface area contributed by atoms with Gasteiger partial charge in [-0.15, -0.1) is 17.2 Å². The zero-order chi connectivity index (χ0) is 31.4. The monoisotopic (exact) mass is 710 g/mol. The van der Waals surface area contributed by atoms with E-state index in [9.17, 15) is 25.9 Å². The van der Waals surface area contributed by atoms with Gasteiger partial charge in [0.1, 0.15) is 0 Å². The molecule has 14 heteroatoms. The Bertz CT molecular complexity index is 949. The molecule has 0 N–H and O–H groups in total. The summed E-state index contributed by atoms with van der Waals surface area (Å²) in [5, 5.41) is 0. The Balaban J connectivity index is 0.00000368. The van der Waals surface area contributed by atoms with Crippen molar-refractivity contribution in [3.05, 3.63) is 0 Å². The van der Waals surface area contributed by atoms with Crippen LogP contribution in [0.3, 0.4) is 0 Å². The molecule has 0 bridgehead atoms. The first kappa shape index (κ1) is 44.0. The van der Waals surface area contributed by atoms with E-state index in [1.54, 1.807) is 0 Å². The van der Waals surface area contributed by atoms with Crippen LogP contribution in [0.5, 0.6) is 0 Å². The molecule has 4 aliphatic carbocycles. The Labute approximate surface area is 308 Å². The average molecular weight is 711 g/mol. The molecule has 6 atom stereocenters. The van der Waals surface area contributed by atoms with E-state index in [-0.39, 0.29) is 49.6 Å². The van der Waals surface area contributed by atoms with Crippen LogP contribution < -0.4 is 37.7 Å². The van der Waals surface area contributed by atoms with Crippen molar-refractivity contribution in [3.8, 4) is 0 Å². The van der Waals surface area contributed by atoms with Gasteiger partial charge in [-0.1, -0.05) is 77.0 Å². The molecule has 4 saturated carbocycles. The summed E-state index contributed by atoms with van der Waals surface area (Å²) in [4.78, 5) is 0. The van der Waals surface area contributed by atoms with Gasteiger partial charge >= 0.3 is 37.7 Å². The maximum atomic E-state index is 11.8. The Morgan fingerprint density at radius 3 is 1.00 bits per heavy atom. The van der Waals surface area contributed by atoms with E-state index >= 15 is 0 Å². The molecule has 2 unspecified atom stereocenters. The van der Waals surface area contributed by atoms with E-state index in [1.165, 1.54) is 64.2 Å². The van der Waals surface area contributed by atoms with E-state index in [0.717, 1.165) is 76.5 Å². The van der Waals surface area contributed by atoms with Crippen molar-refractivity contribution in [2.45, 2.75) is 165 Å². The van der Waals surface area contributed by atoms with E-state index in [1.807, 2.05) is 0 Å². The van der Waals surface area contributed by atoms with E-state index in [4.69, 9.17) is 8.37 Å². The predicted octanol–water partition coefficient (Wildman–Crippen LogP) is 1.88. The van der Waals surface area contributed by atoms with Crippen LogP contribution in [0.2, 0.25) is 0 Å². The number of hydrogen-bond donors (Lipinski definition) is 0. The van der Waals surface area contributed by atoms with Crippen LogP contribution in [0.4, 0.5) is 0 Å². The normalized spacial score (nSPS) is 24.8. The van der Waals surface area contributed by atoms with Crippen LogP contribution >= 0.6 is 17.2 Å². The van der Waals surface area contributed by atoms with Crippen LogP contribution in [0.15, 0.2) is 0 Å². The van der Waals surface area contributed by atoms with Crippen LogP contribution in [-0.4, -0.2) is 61.8 Å². The first-order valence-electron chi connectivity index (χ1n) is 17.8. The Hall–Kier alpha value is 1.79. The summed E-state index contributed by atoms with van der Waals surface area (Å²) in [6, 6.07) is 0. The molecular weight excluding hydrogens is 652 g/mol. The van der Waals surface area contributed by atoms with Crippen LogP contribution in [0.1, 0.15) is 141 Å². The molecule has 0 amide bonds. The Morgan fingerprint density at radius 1 is 0.478 bits per heavy atom. The molecule has 4 aliphatic rings. The molecule has 0 radical (unpaired) electrons. The largest absolute Gasteiger partial charge is 1.00 e. The molecule has 0 aromatic heterocycles. The van der Waals surface area contributed by atoms with Crippen molar-refractivity contribution in [1.29, 1.82) is 0 Å². The first-order valence-corrected chi connectivity index (χ1v) is 23.1. The molecule has 4 fully saturated rings. The predicted molar refractivity (Wildman–Crippen MR) is 179 cm³/mol. The zero-order valence-electron chi connectivity index (χ0n) is 28.7. The topological polar surface area (TPSA) is 133 Å². The third-order valence-corrected chi connectivity index (χ3v) is 16.2. The van der Waals surface area contributed by atoms with E-state index in [2.05, 4.69) is 0 Å². The van der Waals surface area contributed by atoms with Crippen molar-refractivity contribution in [2.24, 2.45) is 23.7 Å². The van der Waals surface area contributed by atoms with Gasteiger partial charge in [0.15, 0.2) is 0 Å². The molecule has 0 spiro atoms. The fourth-order valence-electron chi connectivity index (χ4n) is 8.91. The smallest absolute Gasteiger partial charge is 0.726 e. The molecule has 4 rings (SSSR count). The van der Waals surface area contributed by atoms with Crippen LogP contribution in [0.25, 0.3) is 0 Å². The van der Waals surface area contributed by atoms with E-state index < -0.39 is 33.0 Å². The summed E-state index contributed by atoms with van der Waals surface area (Å²) in [5.41, 5.74) is 0.761. The second-order valence-electron chi connectivity index (χ2n) is 14.3. The number of rotatable bonds is 17. The summed E-state index contributed by atoms with van der Waals surface area (Å²) in [7, 11) is -8.11. The minimum Gasteiger partial charge on any atom is -0.726 e. The zero-order valence-corrected chi connectivity index (χ0v) is 32.3. The van der Waals surface area contributed by atoms with Crippen molar-refractivity contribution >= 4 is 38.0 Å². The molecule has 0 aromatic rings. The van der Waals surface area contributed by atoms with Gasteiger partial charge in [0.25, 0.3) is 0 Å². The quantitative estimate of drug-likeness (QED) is 0.0736. The molecule has 0 heterocycles. The third kappa shape index (κ3) is 16.4. The van der Waals surface area contributed by atoms with Gasteiger partial charge in [-0.2, -0.15) is 0 Å². The standard InChI is InChI=1S/C32H60O8P2S2.2Li/c33-43(34,35)39-29(25-13-5-1-6-14-25)23-31(27-17-9-3-10-18-27)41-21-22-42-32(28-19-11-4-12-20-28)24-30(40-44(36,37)38)26-15-7-2-8-16-26;;/h25-32,41-42H,1-24H2,(H,33,34,35)(H,36,37,38);;/q;2*+1/p-2/t29-,30-,31+,32+;;/m0../s1. The third-order valence-electron chi connectivity index (χ3n) is 11.2. The fourth-order valence-corrected chi connectivity index (χ4v) is 14.0. The molecule has 46 heavy (non-hydrogen) atoms.